The summed E-state index contributed by atoms with van der Waals surface area (Å²) in [5, 5.41) is 3.35. The molecule has 2 aromatic carbocycles. The molecule has 62 heavy (non-hydrogen) atoms. The van der Waals surface area contributed by atoms with E-state index in [-0.39, 0.29) is 74.2 Å². The summed E-state index contributed by atoms with van der Waals surface area (Å²) in [6, 6.07) is 23.8. The topological polar surface area (TPSA) is 192 Å². The number of piperazine rings is 2. The van der Waals surface area contributed by atoms with Crippen LogP contribution in [0, 0.1) is 0 Å². The van der Waals surface area contributed by atoms with Crippen molar-refractivity contribution in [3.8, 4) is 0 Å². The Morgan fingerprint density at radius 2 is 1.00 bits per heavy atom. The second-order valence-corrected chi connectivity index (χ2v) is 18.7. The Morgan fingerprint density at radius 1 is 0.629 bits per heavy atom. The third kappa shape index (κ3) is 12.0. The highest BCUT2D eigenvalue weighted by Gasteiger charge is 2.40. The Kier molecular flexibility index (Phi) is 17.4. The highest BCUT2D eigenvalue weighted by atomic mass is 35.5. The molecule has 0 radical (unpaired) electrons. The van der Waals surface area contributed by atoms with Crippen LogP contribution in [0.5, 0.6) is 0 Å². The van der Waals surface area contributed by atoms with E-state index in [1.54, 1.807) is 77.7 Å². The van der Waals surface area contributed by atoms with Gasteiger partial charge in [-0.2, -0.15) is 25.4 Å². The average molecular weight is 916 g/mol. The molecular weight excluding hydrogens is 860 g/mol. The number of methoxy groups -OCH3 is 2. The van der Waals surface area contributed by atoms with Gasteiger partial charge >= 0.3 is 32.4 Å². The molecule has 2 saturated heterocycles. The number of amides is 1. The van der Waals surface area contributed by atoms with Gasteiger partial charge in [0.05, 0.1) is 61.2 Å². The van der Waals surface area contributed by atoms with Gasteiger partial charge in [-0.3, -0.25) is 23.4 Å². The van der Waals surface area contributed by atoms with Crippen LogP contribution in [0.1, 0.15) is 66.7 Å². The van der Waals surface area contributed by atoms with E-state index in [0.29, 0.717) is 41.4 Å². The summed E-state index contributed by atoms with van der Waals surface area (Å²) in [5.41, 5.74) is 2.67. The zero-order valence-corrected chi connectivity index (χ0v) is 38.3. The molecule has 4 heterocycles. The molecular formula is C42H55ClN8O9S2. The van der Waals surface area contributed by atoms with E-state index >= 15 is 0 Å². The second kappa shape index (κ2) is 21.8. The van der Waals surface area contributed by atoms with Crippen molar-refractivity contribution < 1.29 is 40.7 Å². The summed E-state index contributed by atoms with van der Waals surface area (Å²) < 4.78 is 69.5. The smallest absolute Gasteiger partial charge is 0.339 e. The van der Waals surface area contributed by atoms with Crippen LogP contribution in [-0.4, -0.2) is 123 Å². The Morgan fingerprint density at radius 3 is 1.32 bits per heavy atom. The fourth-order valence-electron chi connectivity index (χ4n) is 7.44. The molecule has 0 saturated carbocycles. The predicted octanol–water partition coefficient (Wildman–Crippen LogP) is 4.28. The van der Waals surface area contributed by atoms with Gasteiger partial charge in [-0.1, -0.05) is 36.4 Å². The van der Waals surface area contributed by atoms with Crippen LogP contribution in [0.15, 0.2) is 97.3 Å². The van der Waals surface area contributed by atoms with Crippen molar-refractivity contribution in [2.75, 3.05) is 49.0 Å². The Balaban J connectivity index is 0.000000269. The monoisotopic (exact) mass is 914 g/mol. The van der Waals surface area contributed by atoms with Crippen molar-refractivity contribution in [3.63, 3.8) is 0 Å². The lowest BCUT2D eigenvalue weighted by atomic mass is 10.1. The number of anilines is 2. The highest BCUT2D eigenvalue weighted by molar-refractivity contribution is 7.90. The van der Waals surface area contributed by atoms with Crippen molar-refractivity contribution in [1.29, 1.82) is 0 Å². The minimum absolute atomic E-state index is 0. The fraction of sp³-hybridized carbons (Fsp3) is 0.405. The van der Waals surface area contributed by atoms with Crippen LogP contribution in [0.3, 0.4) is 0 Å². The third-order valence-corrected chi connectivity index (χ3v) is 13.9. The van der Waals surface area contributed by atoms with E-state index in [1.165, 1.54) is 50.8 Å². The van der Waals surface area contributed by atoms with Gasteiger partial charge < -0.3 is 19.7 Å². The van der Waals surface area contributed by atoms with Gasteiger partial charge in [-0.05, 0) is 76.2 Å². The minimum Gasteiger partial charge on any atom is -0.465 e. The summed E-state index contributed by atoms with van der Waals surface area (Å²) in [4.78, 5) is 45.5. The number of rotatable bonds is 12. The number of carbonyl (C=O) groups excluding carboxylic acids is 3. The van der Waals surface area contributed by atoms with E-state index in [0.717, 1.165) is 0 Å². The van der Waals surface area contributed by atoms with Gasteiger partial charge in [0.2, 0.25) is 5.91 Å². The molecule has 4 atom stereocenters. The van der Waals surface area contributed by atoms with E-state index in [4.69, 9.17) is 0 Å². The molecule has 4 aromatic rings. The van der Waals surface area contributed by atoms with Crippen molar-refractivity contribution in [3.05, 3.63) is 120 Å². The lowest BCUT2D eigenvalue weighted by molar-refractivity contribution is -0.135. The van der Waals surface area contributed by atoms with Crippen LogP contribution in [0.25, 0.3) is 0 Å². The molecule has 1 amide bonds. The summed E-state index contributed by atoms with van der Waals surface area (Å²) in [6.45, 7) is 10.4. The Hall–Kier alpha value is -5.18. The molecule has 336 valence electrons. The maximum atomic E-state index is 13.7. The minimum atomic E-state index is -3.92. The standard InChI is InChI=1S/C22H28N4O5S.C20H26N4O4S.ClH/c1-16-13-24(14-17(2)26(16)18(3)27)32(29,30)25(21-8-6-5-7-9-21)15-20-11-10-19(12-23-20)22(28)31-4;1-15-12-23(13-16(2)22-15)29(26,27)24(19-7-5-4-6-8-19)14-18-10-9-17(11-21-18)20(25)28-3;/h5-12,16-17H,13-15H2,1-4H3;4-11,15-16,22H,12-14H2,1-3H3;1H/t16-,17+;15-,16+;. The molecule has 0 spiro atoms. The van der Waals surface area contributed by atoms with E-state index < -0.39 is 32.4 Å². The summed E-state index contributed by atoms with van der Waals surface area (Å²) in [5.74, 6) is -1.07. The van der Waals surface area contributed by atoms with Crippen LogP contribution >= 0.6 is 12.4 Å². The number of nitrogens with zero attached hydrogens (tertiary/aromatic N) is 7. The molecule has 2 aromatic heterocycles. The summed E-state index contributed by atoms with van der Waals surface area (Å²) in [6.07, 6.45) is 2.76. The summed E-state index contributed by atoms with van der Waals surface area (Å²) >= 11 is 0. The number of hydrogen-bond donors (Lipinski definition) is 1. The number of halogens is 1. The number of para-hydroxylation sites is 2. The molecule has 20 heteroatoms. The van der Waals surface area contributed by atoms with Gasteiger partial charge in [0.1, 0.15) is 0 Å². The van der Waals surface area contributed by atoms with Crippen LogP contribution in [0.2, 0.25) is 0 Å². The van der Waals surface area contributed by atoms with Crippen molar-refractivity contribution >= 4 is 62.0 Å². The first-order valence-electron chi connectivity index (χ1n) is 19.7. The maximum Gasteiger partial charge on any atom is 0.339 e. The number of aromatic nitrogens is 2. The third-order valence-electron chi connectivity index (χ3n) is 10.2. The van der Waals surface area contributed by atoms with Gasteiger partial charge in [0.15, 0.2) is 0 Å². The molecule has 2 aliphatic rings. The maximum absolute atomic E-state index is 13.7. The van der Waals surface area contributed by atoms with Gasteiger partial charge in [-0.15, -0.1) is 12.4 Å². The first kappa shape index (κ1) is 49.5. The van der Waals surface area contributed by atoms with Gasteiger partial charge in [-0.25, -0.2) is 9.59 Å². The van der Waals surface area contributed by atoms with E-state index in [1.807, 2.05) is 39.8 Å². The number of esters is 2. The number of pyridine rings is 2. The molecule has 0 unspecified atom stereocenters. The molecule has 6 rings (SSSR count). The Labute approximate surface area is 370 Å². The highest BCUT2D eigenvalue weighted by Crippen LogP contribution is 2.27. The number of benzene rings is 2. The fourth-order valence-corrected chi connectivity index (χ4v) is 11.0. The van der Waals surface area contributed by atoms with Crippen LogP contribution < -0.4 is 13.9 Å². The number of nitrogens with one attached hydrogen (secondary N) is 1. The first-order chi connectivity index (χ1) is 29.0. The summed E-state index contributed by atoms with van der Waals surface area (Å²) in [7, 11) is -5.12. The van der Waals surface area contributed by atoms with Crippen LogP contribution in [-0.2, 0) is 47.8 Å². The normalized spacial score (nSPS) is 19.5. The second-order valence-electron chi connectivity index (χ2n) is 15.0. The molecule has 1 N–H and O–H groups in total. The zero-order chi connectivity index (χ0) is 44.5. The quantitative estimate of drug-likeness (QED) is 0.199. The lowest BCUT2D eigenvalue weighted by Gasteiger charge is -2.44. The molecule has 0 bridgehead atoms. The Bertz CT molecular complexity index is 2310. The SMILES string of the molecule is COC(=O)c1ccc(CN(c2ccccc2)S(=O)(=O)N2C[C@@H](C)N(C(C)=O)[C@@H](C)C2)nc1.COC(=O)c1ccc(CN(c2ccccc2)S(=O)(=O)N2C[C@@H](C)N[C@@H](C)C2)nc1.Cl. The van der Waals surface area contributed by atoms with Crippen molar-refractivity contribution in [2.24, 2.45) is 0 Å². The zero-order valence-electron chi connectivity index (χ0n) is 35.8. The number of hydrogen-bond acceptors (Lipinski definition) is 12. The van der Waals surface area contributed by atoms with Crippen molar-refractivity contribution in [2.45, 2.75) is 71.9 Å². The largest absolute Gasteiger partial charge is 0.465 e. The number of carbonyl (C=O) groups is 3. The van der Waals surface area contributed by atoms with Gasteiger partial charge in [0, 0.05) is 69.7 Å². The van der Waals surface area contributed by atoms with Crippen LogP contribution in [0.4, 0.5) is 11.4 Å². The predicted molar refractivity (Wildman–Crippen MR) is 238 cm³/mol. The first-order valence-corrected chi connectivity index (χ1v) is 22.5. The van der Waals surface area contributed by atoms with E-state index in [9.17, 15) is 31.2 Å². The number of ether oxygens (including phenoxy) is 2. The van der Waals surface area contributed by atoms with Gasteiger partial charge in [0.25, 0.3) is 0 Å². The molecule has 2 aliphatic heterocycles. The molecule has 2 fully saturated rings. The lowest BCUT2D eigenvalue weighted by Crippen LogP contribution is -2.61. The van der Waals surface area contributed by atoms with Crippen molar-refractivity contribution in [1.82, 2.24) is 28.8 Å². The molecule has 17 nitrogen and oxygen atoms in total. The van der Waals surface area contributed by atoms with E-state index in [2.05, 4.69) is 24.8 Å². The molecule has 0 aliphatic carbocycles. The average Bonchev–Trinajstić information content (AvgIpc) is 3.24.